The molecule has 0 radical (unpaired) electrons. The minimum Gasteiger partial charge on any atom is -0.504 e. The molecule has 2 aromatic rings. The molecule has 0 aliphatic heterocycles. The minimum atomic E-state index is -0.722. The Labute approximate surface area is 211 Å². The summed E-state index contributed by atoms with van der Waals surface area (Å²) in [6, 6.07) is 6.10. The van der Waals surface area contributed by atoms with Gasteiger partial charge in [0.15, 0.2) is 17.3 Å². The van der Waals surface area contributed by atoms with E-state index in [1.165, 1.54) is 44.9 Å². The van der Waals surface area contributed by atoms with E-state index in [4.69, 9.17) is 9.15 Å². The zero-order valence-electron chi connectivity index (χ0n) is 21.0. The molecule has 3 N–H and O–H groups in total. The van der Waals surface area contributed by atoms with Gasteiger partial charge in [-0.2, -0.15) is 0 Å². The molecule has 36 heavy (non-hydrogen) atoms. The van der Waals surface area contributed by atoms with Gasteiger partial charge in [-0.1, -0.05) is 23.6 Å². The van der Waals surface area contributed by atoms with Gasteiger partial charge < -0.3 is 24.7 Å². The monoisotopic (exact) mass is 493 g/mol. The van der Waals surface area contributed by atoms with Crippen molar-refractivity contribution >= 4 is 5.91 Å². The van der Waals surface area contributed by atoms with Gasteiger partial charge in [-0.05, 0) is 75.5 Å². The SMILES string of the molecule is COc1cc([C@H](CC(=O)N[C@H]2[C@H]3CCC[C@H]2C2=C(CCCC2)C3)c2oc(C)cc(=O)c2O)ccc1O. The smallest absolute Gasteiger partial charge is 0.227 e. The van der Waals surface area contributed by atoms with Gasteiger partial charge in [0, 0.05) is 24.4 Å². The second kappa shape index (κ2) is 10.0. The quantitative estimate of drug-likeness (QED) is 0.485. The zero-order valence-corrected chi connectivity index (χ0v) is 21.0. The summed E-state index contributed by atoms with van der Waals surface area (Å²) in [5.74, 6) is 0.106. The Morgan fingerprint density at radius 1 is 1.17 bits per heavy atom. The second-order valence-corrected chi connectivity index (χ2v) is 10.6. The molecule has 1 heterocycles. The molecule has 7 nitrogen and oxygen atoms in total. The summed E-state index contributed by atoms with van der Waals surface area (Å²) in [6.07, 6.45) is 9.40. The standard InChI is InChI=1S/C29H35NO6/c1-16-12-24(32)28(34)29(36-16)22(18-10-11-23(31)25(14-18)35-2)15-26(33)30-27-19-7-5-9-21(27)20-8-4-3-6-17(20)13-19/h10-12,14,19,21-22,27,31,34H,3-9,13,15H2,1-2H3,(H,30,33)/t19-,21-,22-,27-/m0/s1. The lowest BCUT2D eigenvalue weighted by atomic mass is 9.63. The van der Waals surface area contributed by atoms with Gasteiger partial charge >= 0.3 is 0 Å². The summed E-state index contributed by atoms with van der Waals surface area (Å²) in [6.45, 7) is 1.64. The Bertz CT molecular complexity index is 1240. The van der Waals surface area contributed by atoms with Crippen LogP contribution in [0.15, 0.2) is 44.6 Å². The maximum Gasteiger partial charge on any atom is 0.227 e. The van der Waals surface area contributed by atoms with Crippen molar-refractivity contribution in [2.45, 2.75) is 76.7 Å². The molecule has 3 aliphatic rings. The maximum atomic E-state index is 13.6. The molecule has 0 saturated heterocycles. The van der Waals surface area contributed by atoms with Crippen molar-refractivity contribution in [3.8, 4) is 17.2 Å². The lowest BCUT2D eigenvalue weighted by molar-refractivity contribution is -0.123. The number of aromatic hydroxyl groups is 2. The van der Waals surface area contributed by atoms with Crippen molar-refractivity contribution in [3.05, 3.63) is 62.7 Å². The molecular weight excluding hydrogens is 458 g/mol. The Kier molecular flexibility index (Phi) is 6.82. The molecular formula is C29H35NO6. The van der Waals surface area contributed by atoms with Crippen LogP contribution in [0.3, 0.4) is 0 Å². The Balaban J connectivity index is 1.45. The number of carbonyl (C=O) groups excluding carboxylic acids is 1. The third kappa shape index (κ3) is 4.63. The van der Waals surface area contributed by atoms with E-state index in [0.717, 1.165) is 25.7 Å². The van der Waals surface area contributed by atoms with E-state index in [2.05, 4.69) is 5.32 Å². The van der Waals surface area contributed by atoms with E-state index < -0.39 is 17.1 Å². The molecule has 1 fully saturated rings. The summed E-state index contributed by atoms with van der Waals surface area (Å²) in [5.41, 5.74) is 3.28. The summed E-state index contributed by atoms with van der Waals surface area (Å²) < 4.78 is 11.1. The zero-order chi connectivity index (χ0) is 25.4. The summed E-state index contributed by atoms with van der Waals surface area (Å²) in [4.78, 5) is 25.9. The van der Waals surface area contributed by atoms with Crippen molar-refractivity contribution in [2.24, 2.45) is 11.8 Å². The van der Waals surface area contributed by atoms with Crippen LogP contribution in [-0.4, -0.2) is 29.3 Å². The van der Waals surface area contributed by atoms with Crippen LogP contribution in [-0.2, 0) is 4.79 Å². The van der Waals surface area contributed by atoms with Crippen LogP contribution in [0.5, 0.6) is 17.2 Å². The van der Waals surface area contributed by atoms with Gasteiger partial charge in [0.1, 0.15) is 5.76 Å². The van der Waals surface area contributed by atoms with Crippen LogP contribution < -0.4 is 15.5 Å². The van der Waals surface area contributed by atoms with Gasteiger partial charge in [-0.25, -0.2) is 0 Å². The van der Waals surface area contributed by atoms with Gasteiger partial charge in [0.05, 0.1) is 13.0 Å². The number of aryl methyl sites for hydroxylation is 1. The maximum absolute atomic E-state index is 13.6. The number of ether oxygens (including phenoxy) is 1. The lowest BCUT2D eigenvalue weighted by Crippen LogP contribution is -2.51. The van der Waals surface area contributed by atoms with E-state index in [-0.39, 0.29) is 35.6 Å². The molecule has 5 rings (SSSR count). The number of methoxy groups -OCH3 is 1. The molecule has 0 spiro atoms. The average molecular weight is 494 g/mol. The van der Waals surface area contributed by atoms with E-state index in [0.29, 0.717) is 23.2 Å². The highest BCUT2D eigenvalue weighted by atomic mass is 16.5. The topological polar surface area (TPSA) is 109 Å². The van der Waals surface area contributed by atoms with Crippen LogP contribution in [0, 0.1) is 18.8 Å². The number of hydrogen-bond acceptors (Lipinski definition) is 6. The van der Waals surface area contributed by atoms with E-state index >= 15 is 0 Å². The fourth-order valence-corrected chi connectivity index (χ4v) is 6.68. The normalized spacial score (nSPS) is 24.1. The summed E-state index contributed by atoms with van der Waals surface area (Å²) in [7, 11) is 1.45. The molecule has 2 bridgehead atoms. The summed E-state index contributed by atoms with van der Waals surface area (Å²) >= 11 is 0. The lowest BCUT2D eigenvalue weighted by Gasteiger charge is -2.46. The molecule has 1 saturated carbocycles. The molecule has 1 aromatic heterocycles. The number of phenols is 1. The largest absolute Gasteiger partial charge is 0.504 e. The van der Waals surface area contributed by atoms with Crippen molar-refractivity contribution in [3.63, 3.8) is 0 Å². The van der Waals surface area contributed by atoms with E-state index in [1.807, 2.05) is 0 Å². The average Bonchev–Trinajstić information content (AvgIpc) is 2.85. The number of benzene rings is 1. The fraction of sp³-hybridized carbons (Fsp3) is 0.517. The van der Waals surface area contributed by atoms with Crippen LogP contribution in [0.2, 0.25) is 0 Å². The predicted octanol–water partition coefficient (Wildman–Crippen LogP) is 5.07. The van der Waals surface area contributed by atoms with Gasteiger partial charge in [0.25, 0.3) is 0 Å². The van der Waals surface area contributed by atoms with Gasteiger partial charge in [-0.3, -0.25) is 9.59 Å². The van der Waals surface area contributed by atoms with Gasteiger partial charge in [-0.15, -0.1) is 0 Å². The van der Waals surface area contributed by atoms with Gasteiger partial charge in [0.2, 0.25) is 17.1 Å². The first-order valence-electron chi connectivity index (χ1n) is 13.1. The van der Waals surface area contributed by atoms with E-state index in [9.17, 15) is 19.8 Å². The fourth-order valence-electron chi connectivity index (χ4n) is 6.68. The van der Waals surface area contributed by atoms with E-state index in [1.54, 1.807) is 30.2 Å². The van der Waals surface area contributed by atoms with Crippen LogP contribution in [0.1, 0.15) is 80.8 Å². The second-order valence-electron chi connectivity index (χ2n) is 10.6. The Morgan fingerprint density at radius 3 is 2.78 bits per heavy atom. The van der Waals surface area contributed by atoms with Crippen LogP contribution in [0.25, 0.3) is 0 Å². The highest BCUT2D eigenvalue weighted by molar-refractivity contribution is 5.78. The highest BCUT2D eigenvalue weighted by Gasteiger charge is 2.42. The number of amides is 1. The molecule has 192 valence electrons. The third-order valence-electron chi connectivity index (χ3n) is 8.33. The molecule has 4 atom stereocenters. The van der Waals surface area contributed by atoms with Crippen molar-refractivity contribution in [2.75, 3.05) is 7.11 Å². The first kappa shape index (κ1) is 24.5. The molecule has 1 aromatic carbocycles. The predicted molar refractivity (Wildman–Crippen MR) is 135 cm³/mol. The molecule has 1 amide bonds. The first-order valence-corrected chi connectivity index (χ1v) is 13.1. The van der Waals surface area contributed by atoms with Crippen molar-refractivity contribution < 1.29 is 24.2 Å². The number of phenolic OH excluding ortho intramolecular Hbond substituents is 1. The summed E-state index contributed by atoms with van der Waals surface area (Å²) in [5, 5.41) is 24.0. The number of fused-ring (bicyclic) bond motifs is 3. The van der Waals surface area contributed by atoms with Crippen LogP contribution in [0.4, 0.5) is 0 Å². The minimum absolute atomic E-state index is 0.00424. The molecule has 3 aliphatic carbocycles. The molecule has 7 heteroatoms. The number of rotatable bonds is 6. The highest BCUT2D eigenvalue weighted by Crippen LogP contribution is 2.48. The Hall–Kier alpha value is -3.22. The number of nitrogens with one attached hydrogen (secondary N) is 1. The molecule has 0 unspecified atom stereocenters. The number of allylic oxidation sites excluding steroid dienone is 1. The first-order chi connectivity index (χ1) is 17.4. The number of hydrogen-bond donors (Lipinski definition) is 3. The number of carbonyl (C=O) groups is 1. The van der Waals surface area contributed by atoms with Crippen molar-refractivity contribution in [1.82, 2.24) is 5.32 Å². The Morgan fingerprint density at radius 2 is 1.97 bits per heavy atom. The van der Waals surface area contributed by atoms with Crippen LogP contribution >= 0.6 is 0 Å². The van der Waals surface area contributed by atoms with Crippen molar-refractivity contribution in [1.29, 1.82) is 0 Å². The third-order valence-corrected chi connectivity index (χ3v) is 8.33.